The van der Waals surface area contributed by atoms with Gasteiger partial charge in [-0.05, 0) is 56.7 Å². The average Bonchev–Trinajstić information content (AvgIpc) is 3.11. The van der Waals surface area contributed by atoms with Gasteiger partial charge in [-0.15, -0.1) is 13.2 Å². The first kappa shape index (κ1) is 22.8. The van der Waals surface area contributed by atoms with Crippen LogP contribution in [-0.2, 0) is 20.9 Å². The molecular weight excluding hydrogens is 449 g/mol. The van der Waals surface area contributed by atoms with Gasteiger partial charge < -0.3 is 15.6 Å². The number of amides is 2. The summed E-state index contributed by atoms with van der Waals surface area (Å²) < 4.78 is 40.5. The Morgan fingerprint density at radius 1 is 1.12 bits per heavy atom. The Balaban J connectivity index is 1.17. The van der Waals surface area contributed by atoms with Crippen LogP contribution in [0.4, 0.5) is 13.2 Å². The Hall–Kier alpha value is -2.33. The molecule has 0 unspecified atom stereocenters. The van der Waals surface area contributed by atoms with Crippen molar-refractivity contribution < 1.29 is 27.5 Å². The van der Waals surface area contributed by atoms with Crippen molar-refractivity contribution in [2.75, 3.05) is 0 Å². The third kappa shape index (κ3) is 5.72. The third-order valence-electron chi connectivity index (χ3n) is 6.13. The lowest BCUT2D eigenvalue weighted by molar-refractivity contribution is -0.351. The highest BCUT2D eigenvalue weighted by Gasteiger charge is 2.41. The zero-order valence-corrected chi connectivity index (χ0v) is 17.9. The molecule has 0 aliphatic heterocycles. The fourth-order valence-corrected chi connectivity index (χ4v) is 4.51. The average molecular weight is 473 g/mol. The second-order valence-corrected chi connectivity index (χ2v) is 8.91. The van der Waals surface area contributed by atoms with Crippen LogP contribution in [0.1, 0.15) is 44.3 Å². The van der Waals surface area contributed by atoms with Crippen LogP contribution in [-0.4, -0.2) is 40.3 Å². The molecule has 2 aliphatic carbocycles. The molecule has 0 bridgehead atoms. The molecule has 1 aromatic heterocycles. The Labute approximate surface area is 187 Å². The topological polar surface area (TPSA) is 96.1 Å². The summed E-state index contributed by atoms with van der Waals surface area (Å²) in [6.45, 7) is 0.272. The van der Waals surface area contributed by atoms with E-state index in [0.29, 0.717) is 36.5 Å². The van der Waals surface area contributed by atoms with Crippen molar-refractivity contribution in [1.82, 2.24) is 20.6 Å². The number of imidazole rings is 1. The summed E-state index contributed by atoms with van der Waals surface area (Å²) in [5, 5.41) is 6.29. The second kappa shape index (κ2) is 9.27. The molecule has 11 heteroatoms. The molecule has 7 nitrogen and oxygen atoms in total. The van der Waals surface area contributed by atoms with Crippen molar-refractivity contribution in [1.29, 1.82) is 0 Å². The SMILES string of the molecule is O=C(NCc1nc2ccc(Cl)cc2[nH]1)C1CCC(C(=O)NC2CC(OC(F)(F)F)C2)CC1. The van der Waals surface area contributed by atoms with Crippen molar-refractivity contribution in [2.45, 2.75) is 63.6 Å². The molecule has 2 saturated carbocycles. The molecule has 174 valence electrons. The molecule has 0 saturated heterocycles. The molecule has 0 atom stereocenters. The predicted molar refractivity (Wildman–Crippen MR) is 110 cm³/mol. The van der Waals surface area contributed by atoms with E-state index < -0.39 is 12.5 Å². The molecule has 2 fully saturated rings. The minimum Gasteiger partial charge on any atom is -0.353 e. The first-order valence-corrected chi connectivity index (χ1v) is 11.0. The number of aromatic nitrogens is 2. The van der Waals surface area contributed by atoms with Crippen LogP contribution < -0.4 is 10.6 Å². The van der Waals surface area contributed by atoms with Gasteiger partial charge in [0, 0.05) is 22.9 Å². The molecular formula is C21H24ClF3N4O3. The van der Waals surface area contributed by atoms with Gasteiger partial charge in [-0.3, -0.25) is 14.3 Å². The summed E-state index contributed by atoms with van der Waals surface area (Å²) in [6.07, 6.45) is -2.88. The van der Waals surface area contributed by atoms with E-state index in [2.05, 4.69) is 25.3 Å². The number of carbonyl (C=O) groups is 2. The van der Waals surface area contributed by atoms with Gasteiger partial charge in [0.15, 0.2) is 0 Å². The maximum Gasteiger partial charge on any atom is 0.522 e. The van der Waals surface area contributed by atoms with Crippen molar-refractivity contribution >= 4 is 34.4 Å². The van der Waals surface area contributed by atoms with Crippen molar-refractivity contribution in [2.24, 2.45) is 11.8 Å². The lowest BCUT2D eigenvalue weighted by Crippen LogP contribution is -2.51. The first-order valence-electron chi connectivity index (χ1n) is 10.6. The van der Waals surface area contributed by atoms with E-state index >= 15 is 0 Å². The van der Waals surface area contributed by atoms with Crippen LogP contribution >= 0.6 is 11.6 Å². The first-order chi connectivity index (χ1) is 15.2. The summed E-state index contributed by atoms with van der Waals surface area (Å²) in [7, 11) is 0. The van der Waals surface area contributed by atoms with Crippen LogP contribution in [0.3, 0.4) is 0 Å². The minimum absolute atomic E-state index is 0.0755. The van der Waals surface area contributed by atoms with Gasteiger partial charge in [-0.25, -0.2) is 4.98 Å². The number of rotatable bonds is 6. The Bertz CT molecular complexity index is 982. The van der Waals surface area contributed by atoms with Gasteiger partial charge in [-0.2, -0.15) is 0 Å². The maximum absolute atomic E-state index is 12.5. The summed E-state index contributed by atoms with van der Waals surface area (Å²) >= 11 is 5.97. The molecule has 0 radical (unpaired) electrons. The van der Waals surface area contributed by atoms with Gasteiger partial charge in [0.25, 0.3) is 0 Å². The number of nitrogens with one attached hydrogen (secondary N) is 3. The molecule has 1 aromatic carbocycles. The number of hydrogen-bond acceptors (Lipinski definition) is 4. The van der Waals surface area contributed by atoms with Gasteiger partial charge in [0.1, 0.15) is 5.82 Å². The standard InChI is InChI=1S/C21H24ClF3N4O3/c22-13-5-6-16-17(7-13)29-18(28-16)10-26-19(30)11-1-3-12(4-2-11)20(31)27-14-8-15(9-14)32-21(23,24)25/h5-7,11-12,14-15H,1-4,8-10H2,(H,26,30)(H,27,31)(H,28,29). The van der Waals surface area contributed by atoms with Crippen LogP contribution in [0, 0.1) is 11.8 Å². The van der Waals surface area contributed by atoms with E-state index in [-0.39, 0.29) is 49.1 Å². The Kier molecular flexibility index (Phi) is 6.62. The van der Waals surface area contributed by atoms with E-state index in [1.807, 2.05) is 0 Å². The number of nitrogens with zero attached hydrogens (tertiary/aromatic N) is 1. The molecule has 4 rings (SSSR count). The van der Waals surface area contributed by atoms with Gasteiger partial charge in [-0.1, -0.05) is 11.6 Å². The van der Waals surface area contributed by atoms with E-state index in [0.717, 1.165) is 11.0 Å². The summed E-state index contributed by atoms with van der Waals surface area (Å²) in [4.78, 5) is 32.5. The molecule has 3 N–H and O–H groups in total. The highest BCUT2D eigenvalue weighted by Crippen LogP contribution is 2.32. The highest BCUT2D eigenvalue weighted by atomic mass is 35.5. The minimum atomic E-state index is -4.64. The summed E-state index contributed by atoms with van der Waals surface area (Å²) in [5.41, 5.74) is 1.57. The lowest BCUT2D eigenvalue weighted by atomic mass is 9.80. The van der Waals surface area contributed by atoms with E-state index in [9.17, 15) is 22.8 Å². The second-order valence-electron chi connectivity index (χ2n) is 8.47. The molecule has 2 aliphatic rings. The summed E-state index contributed by atoms with van der Waals surface area (Å²) in [6, 6.07) is 5.05. The Morgan fingerprint density at radius 3 is 2.44 bits per heavy atom. The van der Waals surface area contributed by atoms with Crippen molar-refractivity contribution in [3.63, 3.8) is 0 Å². The van der Waals surface area contributed by atoms with E-state index in [1.54, 1.807) is 18.2 Å². The fourth-order valence-electron chi connectivity index (χ4n) is 4.34. The predicted octanol–water partition coefficient (Wildman–Crippen LogP) is 3.82. The summed E-state index contributed by atoms with van der Waals surface area (Å²) in [5.74, 6) is 0.0126. The zero-order chi connectivity index (χ0) is 22.9. The van der Waals surface area contributed by atoms with Gasteiger partial charge in [0.05, 0.1) is 23.7 Å². The number of H-pyrrole nitrogens is 1. The van der Waals surface area contributed by atoms with Crippen LogP contribution in [0.2, 0.25) is 5.02 Å². The third-order valence-corrected chi connectivity index (χ3v) is 6.37. The molecule has 2 amide bonds. The number of benzene rings is 1. The van der Waals surface area contributed by atoms with Crippen LogP contribution in [0.15, 0.2) is 18.2 Å². The lowest BCUT2D eigenvalue weighted by Gasteiger charge is -2.37. The van der Waals surface area contributed by atoms with E-state index in [4.69, 9.17) is 11.6 Å². The number of hydrogen-bond donors (Lipinski definition) is 3. The monoisotopic (exact) mass is 472 g/mol. The van der Waals surface area contributed by atoms with Crippen LogP contribution in [0.25, 0.3) is 11.0 Å². The molecule has 32 heavy (non-hydrogen) atoms. The smallest absolute Gasteiger partial charge is 0.353 e. The van der Waals surface area contributed by atoms with Gasteiger partial charge >= 0.3 is 6.36 Å². The van der Waals surface area contributed by atoms with Crippen molar-refractivity contribution in [3.05, 3.63) is 29.0 Å². The maximum atomic E-state index is 12.5. The molecule has 0 spiro atoms. The number of carbonyl (C=O) groups excluding carboxylic acids is 2. The molecule has 2 aromatic rings. The number of fused-ring (bicyclic) bond motifs is 1. The van der Waals surface area contributed by atoms with Crippen molar-refractivity contribution in [3.8, 4) is 0 Å². The zero-order valence-electron chi connectivity index (χ0n) is 17.2. The molecule has 1 heterocycles. The number of halogens is 4. The number of aromatic amines is 1. The van der Waals surface area contributed by atoms with Gasteiger partial charge in [0.2, 0.25) is 11.8 Å². The van der Waals surface area contributed by atoms with Crippen LogP contribution in [0.5, 0.6) is 0 Å². The number of ether oxygens (including phenoxy) is 1. The fraction of sp³-hybridized carbons (Fsp3) is 0.571. The normalized spacial score (nSPS) is 25.9. The largest absolute Gasteiger partial charge is 0.522 e. The Morgan fingerprint density at radius 2 is 1.78 bits per heavy atom. The highest BCUT2D eigenvalue weighted by molar-refractivity contribution is 6.31. The quantitative estimate of drug-likeness (QED) is 0.595. The number of alkyl halides is 3. The van der Waals surface area contributed by atoms with E-state index in [1.165, 1.54) is 0 Å².